The molecular formula is C17H28N2O. The fraction of sp³-hybridized carbons (Fsp3) is 0.647. The van der Waals surface area contributed by atoms with Crippen molar-refractivity contribution in [2.24, 2.45) is 5.73 Å². The first kappa shape index (κ1) is 15.3. The molecule has 3 heteroatoms. The Bertz CT molecular complexity index is 429. The average molecular weight is 276 g/mol. The summed E-state index contributed by atoms with van der Waals surface area (Å²) in [5, 5.41) is 0. The van der Waals surface area contributed by atoms with Crippen LogP contribution in [0, 0.1) is 0 Å². The highest BCUT2D eigenvalue weighted by atomic mass is 16.5. The predicted molar refractivity (Wildman–Crippen MR) is 84.0 cm³/mol. The number of likely N-dealkylation sites (tertiary alicyclic amines) is 1. The van der Waals surface area contributed by atoms with Crippen LogP contribution in [0.1, 0.15) is 45.1 Å². The Morgan fingerprint density at radius 3 is 2.55 bits per heavy atom. The van der Waals surface area contributed by atoms with Crippen LogP contribution in [0.25, 0.3) is 0 Å². The molecule has 0 amide bonds. The summed E-state index contributed by atoms with van der Waals surface area (Å²) in [5.74, 6) is 0.891. The number of rotatable bonds is 6. The first-order valence-corrected chi connectivity index (χ1v) is 7.83. The molecule has 20 heavy (non-hydrogen) atoms. The van der Waals surface area contributed by atoms with E-state index in [2.05, 4.69) is 30.9 Å². The highest BCUT2D eigenvalue weighted by Gasteiger charge is 2.38. The molecule has 0 spiro atoms. The van der Waals surface area contributed by atoms with Gasteiger partial charge >= 0.3 is 0 Å². The number of nitrogens with zero attached hydrogens (tertiary/aromatic N) is 1. The molecule has 1 saturated heterocycles. The molecule has 1 aliphatic heterocycles. The van der Waals surface area contributed by atoms with Gasteiger partial charge in [0, 0.05) is 6.04 Å². The van der Waals surface area contributed by atoms with Crippen molar-refractivity contribution in [1.82, 2.24) is 4.90 Å². The molecular weight excluding hydrogens is 248 g/mol. The third-order valence-electron chi connectivity index (χ3n) is 4.75. The Balaban J connectivity index is 2.34. The van der Waals surface area contributed by atoms with Crippen LogP contribution in [0.3, 0.4) is 0 Å². The van der Waals surface area contributed by atoms with Crippen LogP contribution < -0.4 is 10.5 Å². The summed E-state index contributed by atoms with van der Waals surface area (Å²) >= 11 is 0. The van der Waals surface area contributed by atoms with Crippen molar-refractivity contribution in [1.29, 1.82) is 0 Å². The summed E-state index contributed by atoms with van der Waals surface area (Å²) in [7, 11) is 1.71. The molecule has 1 aromatic carbocycles. The lowest BCUT2D eigenvalue weighted by molar-refractivity contribution is 0.136. The van der Waals surface area contributed by atoms with Crippen molar-refractivity contribution >= 4 is 0 Å². The second kappa shape index (κ2) is 6.59. The first-order valence-electron chi connectivity index (χ1n) is 7.83. The van der Waals surface area contributed by atoms with Crippen LogP contribution in [0.5, 0.6) is 5.75 Å². The number of hydrogen-bond acceptors (Lipinski definition) is 3. The Kier molecular flexibility index (Phi) is 5.06. The van der Waals surface area contributed by atoms with Crippen LogP contribution >= 0.6 is 0 Å². The molecule has 1 aromatic rings. The smallest absolute Gasteiger partial charge is 0.119 e. The highest BCUT2D eigenvalue weighted by Crippen LogP contribution is 2.34. The van der Waals surface area contributed by atoms with Gasteiger partial charge in [0.2, 0.25) is 0 Å². The number of hydrogen-bond donors (Lipinski definition) is 1. The van der Waals surface area contributed by atoms with Gasteiger partial charge in [0.15, 0.2) is 0 Å². The Morgan fingerprint density at radius 1 is 1.30 bits per heavy atom. The fourth-order valence-corrected chi connectivity index (χ4v) is 3.55. The zero-order valence-electron chi connectivity index (χ0n) is 13.1. The van der Waals surface area contributed by atoms with Gasteiger partial charge in [-0.15, -0.1) is 0 Å². The summed E-state index contributed by atoms with van der Waals surface area (Å²) in [5.41, 5.74) is 7.77. The van der Waals surface area contributed by atoms with E-state index in [-0.39, 0.29) is 5.54 Å². The van der Waals surface area contributed by atoms with Crippen molar-refractivity contribution < 1.29 is 4.74 Å². The topological polar surface area (TPSA) is 38.5 Å². The van der Waals surface area contributed by atoms with Crippen LogP contribution in [-0.4, -0.2) is 31.1 Å². The summed E-state index contributed by atoms with van der Waals surface area (Å²) in [6.07, 6.45) is 4.62. The molecule has 0 saturated carbocycles. The maximum atomic E-state index is 6.88. The lowest BCUT2D eigenvalue weighted by Gasteiger charge is -2.42. The first-order chi connectivity index (χ1) is 9.65. The molecule has 1 heterocycles. The molecule has 0 bridgehead atoms. The molecule has 0 aliphatic carbocycles. The van der Waals surface area contributed by atoms with E-state index in [1.54, 1.807) is 7.11 Å². The molecule has 2 N–H and O–H groups in total. The fourth-order valence-electron chi connectivity index (χ4n) is 3.55. The quantitative estimate of drug-likeness (QED) is 0.867. The van der Waals surface area contributed by atoms with E-state index in [0.717, 1.165) is 18.6 Å². The van der Waals surface area contributed by atoms with Gasteiger partial charge in [0.25, 0.3) is 0 Å². The van der Waals surface area contributed by atoms with E-state index in [1.165, 1.54) is 31.5 Å². The van der Waals surface area contributed by atoms with Crippen LogP contribution in [-0.2, 0) is 5.54 Å². The van der Waals surface area contributed by atoms with Crippen LogP contribution in [0.15, 0.2) is 24.3 Å². The Labute approximate surface area is 123 Å². The van der Waals surface area contributed by atoms with Gasteiger partial charge in [0.05, 0.1) is 12.6 Å². The third kappa shape index (κ3) is 2.84. The SMILES string of the molecule is CCC(N1CCCC1)C(N)(CC)c1cccc(OC)c1. The summed E-state index contributed by atoms with van der Waals surface area (Å²) in [4.78, 5) is 2.57. The van der Waals surface area contributed by atoms with Gasteiger partial charge in [-0.05, 0) is 56.5 Å². The number of benzene rings is 1. The molecule has 2 atom stereocenters. The minimum Gasteiger partial charge on any atom is -0.497 e. The van der Waals surface area contributed by atoms with Crippen molar-refractivity contribution in [2.45, 2.75) is 51.1 Å². The van der Waals surface area contributed by atoms with E-state index >= 15 is 0 Å². The highest BCUT2D eigenvalue weighted by molar-refractivity contribution is 5.34. The van der Waals surface area contributed by atoms with E-state index in [9.17, 15) is 0 Å². The van der Waals surface area contributed by atoms with Crippen LogP contribution in [0.2, 0.25) is 0 Å². The van der Waals surface area contributed by atoms with E-state index in [0.29, 0.717) is 6.04 Å². The molecule has 112 valence electrons. The zero-order valence-corrected chi connectivity index (χ0v) is 13.1. The summed E-state index contributed by atoms with van der Waals surface area (Å²) in [6.45, 7) is 6.81. The minimum atomic E-state index is -0.298. The van der Waals surface area contributed by atoms with Gasteiger partial charge in [-0.3, -0.25) is 4.90 Å². The third-order valence-corrected chi connectivity index (χ3v) is 4.75. The van der Waals surface area contributed by atoms with Gasteiger partial charge < -0.3 is 10.5 Å². The van der Waals surface area contributed by atoms with E-state index in [1.807, 2.05) is 12.1 Å². The number of ether oxygens (including phenoxy) is 1. The maximum Gasteiger partial charge on any atom is 0.119 e. The number of nitrogens with two attached hydrogens (primary N) is 1. The molecule has 1 fully saturated rings. The second-order valence-corrected chi connectivity index (χ2v) is 5.79. The van der Waals surface area contributed by atoms with Crippen molar-refractivity contribution in [3.8, 4) is 5.75 Å². The lowest BCUT2D eigenvalue weighted by atomic mass is 9.79. The lowest BCUT2D eigenvalue weighted by Crippen LogP contribution is -2.55. The molecule has 2 unspecified atom stereocenters. The standard InChI is InChI=1S/C17H28N2O/c1-4-16(19-11-6-7-12-19)17(18,5-2)14-9-8-10-15(13-14)20-3/h8-10,13,16H,4-7,11-12,18H2,1-3H3. The Morgan fingerprint density at radius 2 is 2.00 bits per heavy atom. The molecule has 0 radical (unpaired) electrons. The largest absolute Gasteiger partial charge is 0.497 e. The minimum absolute atomic E-state index is 0.298. The summed E-state index contributed by atoms with van der Waals surface area (Å²) in [6, 6.07) is 8.67. The second-order valence-electron chi connectivity index (χ2n) is 5.79. The molecule has 2 rings (SSSR count). The molecule has 3 nitrogen and oxygen atoms in total. The van der Waals surface area contributed by atoms with Crippen molar-refractivity contribution in [2.75, 3.05) is 20.2 Å². The normalized spacial score (nSPS) is 20.6. The predicted octanol–water partition coefficient (Wildman–Crippen LogP) is 3.13. The van der Waals surface area contributed by atoms with Gasteiger partial charge in [-0.1, -0.05) is 26.0 Å². The monoisotopic (exact) mass is 276 g/mol. The van der Waals surface area contributed by atoms with Gasteiger partial charge in [0.1, 0.15) is 5.75 Å². The average Bonchev–Trinajstić information content (AvgIpc) is 3.01. The van der Waals surface area contributed by atoms with Gasteiger partial charge in [-0.2, -0.15) is 0 Å². The maximum absolute atomic E-state index is 6.88. The van der Waals surface area contributed by atoms with E-state index < -0.39 is 0 Å². The van der Waals surface area contributed by atoms with Crippen LogP contribution in [0.4, 0.5) is 0 Å². The molecule has 1 aliphatic rings. The number of methoxy groups -OCH3 is 1. The Hall–Kier alpha value is -1.06. The van der Waals surface area contributed by atoms with Crippen molar-refractivity contribution in [3.63, 3.8) is 0 Å². The van der Waals surface area contributed by atoms with Crippen molar-refractivity contribution in [3.05, 3.63) is 29.8 Å². The zero-order chi connectivity index (χ0) is 14.6. The molecule has 0 aromatic heterocycles. The van der Waals surface area contributed by atoms with E-state index in [4.69, 9.17) is 10.5 Å². The summed E-state index contributed by atoms with van der Waals surface area (Å²) < 4.78 is 5.36. The van der Waals surface area contributed by atoms with Gasteiger partial charge in [-0.25, -0.2) is 0 Å².